The van der Waals surface area contributed by atoms with Gasteiger partial charge in [0.15, 0.2) is 5.16 Å². The maximum absolute atomic E-state index is 6.19. The SMILES string of the molecule is CC(C)c1cc(Oc2ccccc2C(C)C)nc(SCc2ccccc2)n1. The van der Waals surface area contributed by atoms with Gasteiger partial charge >= 0.3 is 0 Å². The van der Waals surface area contributed by atoms with Gasteiger partial charge in [0.1, 0.15) is 5.75 Å². The van der Waals surface area contributed by atoms with Gasteiger partial charge in [0.25, 0.3) is 0 Å². The minimum atomic E-state index is 0.312. The average Bonchev–Trinajstić information content (AvgIpc) is 2.67. The van der Waals surface area contributed by atoms with E-state index in [9.17, 15) is 0 Å². The van der Waals surface area contributed by atoms with E-state index < -0.39 is 0 Å². The van der Waals surface area contributed by atoms with E-state index in [1.54, 1.807) is 11.8 Å². The van der Waals surface area contributed by atoms with Gasteiger partial charge in [0, 0.05) is 11.8 Å². The lowest BCUT2D eigenvalue weighted by molar-refractivity contribution is 0.445. The van der Waals surface area contributed by atoms with E-state index in [1.807, 2.05) is 30.3 Å². The van der Waals surface area contributed by atoms with Crippen LogP contribution in [0.15, 0.2) is 65.8 Å². The Labute approximate surface area is 166 Å². The van der Waals surface area contributed by atoms with Crippen LogP contribution in [0.1, 0.15) is 56.4 Å². The lowest BCUT2D eigenvalue weighted by atomic mass is 10.0. The van der Waals surface area contributed by atoms with Crippen LogP contribution in [0.25, 0.3) is 0 Å². The summed E-state index contributed by atoms with van der Waals surface area (Å²) in [7, 11) is 0. The van der Waals surface area contributed by atoms with Crippen LogP contribution < -0.4 is 4.74 Å². The van der Waals surface area contributed by atoms with Gasteiger partial charge in [0.2, 0.25) is 5.88 Å². The minimum absolute atomic E-state index is 0.312. The van der Waals surface area contributed by atoms with Crippen molar-refractivity contribution in [1.29, 1.82) is 0 Å². The largest absolute Gasteiger partial charge is 0.439 e. The zero-order chi connectivity index (χ0) is 19.2. The highest BCUT2D eigenvalue weighted by atomic mass is 32.2. The van der Waals surface area contributed by atoms with E-state index in [4.69, 9.17) is 9.72 Å². The maximum atomic E-state index is 6.19. The van der Waals surface area contributed by atoms with Crippen molar-refractivity contribution in [3.63, 3.8) is 0 Å². The van der Waals surface area contributed by atoms with Gasteiger partial charge in [-0.15, -0.1) is 0 Å². The number of ether oxygens (including phenoxy) is 1. The number of thioether (sulfide) groups is 1. The normalized spacial score (nSPS) is 11.2. The molecule has 0 atom stereocenters. The van der Waals surface area contributed by atoms with E-state index in [0.29, 0.717) is 17.7 Å². The molecule has 0 spiro atoms. The summed E-state index contributed by atoms with van der Waals surface area (Å²) in [6.07, 6.45) is 0. The molecule has 0 bridgehead atoms. The van der Waals surface area contributed by atoms with Crippen molar-refractivity contribution in [3.8, 4) is 11.6 Å². The summed E-state index contributed by atoms with van der Waals surface area (Å²) in [6, 6.07) is 20.5. The highest BCUT2D eigenvalue weighted by Crippen LogP contribution is 2.32. The third-order valence-corrected chi connectivity index (χ3v) is 5.18. The topological polar surface area (TPSA) is 35.0 Å². The second-order valence-electron chi connectivity index (χ2n) is 7.14. The summed E-state index contributed by atoms with van der Waals surface area (Å²) in [5.74, 6) is 3.01. The van der Waals surface area contributed by atoms with Crippen LogP contribution in [0.4, 0.5) is 0 Å². The Bertz CT molecular complexity index is 879. The molecule has 140 valence electrons. The second-order valence-corrected chi connectivity index (χ2v) is 8.08. The first kappa shape index (κ1) is 19.4. The quantitative estimate of drug-likeness (QED) is 0.334. The van der Waals surface area contributed by atoms with E-state index in [2.05, 4.69) is 63.0 Å². The smallest absolute Gasteiger partial charge is 0.223 e. The Hall–Kier alpha value is -2.33. The molecule has 0 aliphatic carbocycles. The molecule has 0 fully saturated rings. The van der Waals surface area contributed by atoms with Crippen LogP contribution in [0, 0.1) is 0 Å². The van der Waals surface area contributed by atoms with Crippen molar-refractivity contribution in [3.05, 3.63) is 77.5 Å². The van der Waals surface area contributed by atoms with Gasteiger partial charge in [-0.05, 0) is 29.0 Å². The molecule has 0 aliphatic rings. The molecule has 1 heterocycles. The second kappa shape index (κ2) is 9.05. The number of hydrogen-bond acceptors (Lipinski definition) is 4. The molecule has 0 aliphatic heterocycles. The van der Waals surface area contributed by atoms with Gasteiger partial charge in [-0.2, -0.15) is 4.98 Å². The van der Waals surface area contributed by atoms with Crippen molar-refractivity contribution in [2.45, 2.75) is 50.4 Å². The van der Waals surface area contributed by atoms with E-state index in [1.165, 1.54) is 11.1 Å². The molecule has 3 aromatic rings. The fraction of sp³-hybridized carbons (Fsp3) is 0.304. The summed E-state index contributed by atoms with van der Waals surface area (Å²) in [6.45, 7) is 8.62. The molecule has 0 N–H and O–H groups in total. The highest BCUT2D eigenvalue weighted by Gasteiger charge is 2.13. The molecule has 0 saturated carbocycles. The molecular formula is C23H26N2OS. The van der Waals surface area contributed by atoms with Crippen molar-refractivity contribution < 1.29 is 4.74 Å². The van der Waals surface area contributed by atoms with Gasteiger partial charge in [-0.1, -0.05) is 88.0 Å². The highest BCUT2D eigenvalue weighted by molar-refractivity contribution is 7.98. The first-order valence-corrected chi connectivity index (χ1v) is 10.3. The van der Waals surface area contributed by atoms with Crippen molar-refractivity contribution >= 4 is 11.8 Å². The third-order valence-electron chi connectivity index (χ3n) is 4.26. The van der Waals surface area contributed by atoms with Crippen molar-refractivity contribution in [2.24, 2.45) is 0 Å². The predicted molar refractivity (Wildman–Crippen MR) is 113 cm³/mol. The van der Waals surface area contributed by atoms with E-state index >= 15 is 0 Å². The van der Waals surface area contributed by atoms with Crippen LogP contribution in [0.3, 0.4) is 0 Å². The van der Waals surface area contributed by atoms with Crippen LogP contribution in [-0.4, -0.2) is 9.97 Å². The maximum Gasteiger partial charge on any atom is 0.223 e. The summed E-state index contributed by atoms with van der Waals surface area (Å²) < 4.78 is 6.19. The number of aromatic nitrogens is 2. The molecule has 2 aromatic carbocycles. The molecule has 0 radical (unpaired) electrons. The van der Waals surface area contributed by atoms with E-state index in [-0.39, 0.29) is 0 Å². The fourth-order valence-corrected chi connectivity index (χ4v) is 3.53. The predicted octanol–water partition coefficient (Wildman–Crippen LogP) is 6.81. The number of nitrogens with zero attached hydrogens (tertiary/aromatic N) is 2. The number of para-hydroxylation sites is 1. The molecule has 0 saturated heterocycles. The lowest BCUT2D eigenvalue weighted by Crippen LogP contribution is -2.01. The summed E-state index contributed by atoms with van der Waals surface area (Å²) >= 11 is 1.64. The zero-order valence-corrected chi connectivity index (χ0v) is 17.2. The monoisotopic (exact) mass is 378 g/mol. The number of benzene rings is 2. The molecule has 0 amide bonds. The van der Waals surface area contributed by atoms with Crippen LogP contribution in [0.2, 0.25) is 0 Å². The first-order chi connectivity index (χ1) is 13.0. The minimum Gasteiger partial charge on any atom is -0.439 e. The van der Waals surface area contributed by atoms with Crippen LogP contribution in [0.5, 0.6) is 11.6 Å². The standard InChI is InChI=1S/C23H26N2OS/c1-16(2)19-12-8-9-13-21(19)26-22-14-20(17(3)4)24-23(25-22)27-15-18-10-6-5-7-11-18/h5-14,16-17H,15H2,1-4H3. The summed E-state index contributed by atoms with van der Waals surface area (Å²) in [5, 5.41) is 0.752. The summed E-state index contributed by atoms with van der Waals surface area (Å²) in [5.41, 5.74) is 3.44. The number of hydrogen-bond donors (Lipinski definition) is 0. The molecule has 1 aromatic heterocycles. The molecule has 4 heteroatoms. The Morgan fingerprint density at radius 2 is 1.56 bits per heavy atom. The first-order valence-electron chi connectivity index (χ1n) is 9.35. The average molecular weight is 379 g/mol. The zero-order valence-electron chi connectivity index (χ0n) is 16.3. The van der Waals surface area contributed by atoms with E-state index in [0.717, 1.165) is 22.4 Å². The molecule has 3 rings (SSSR count). The molecular weight excluding hydrogens is 352 g/mol. The van der Waals surface area contributed by atoms with Gasteiger partial charge in [-0.25, -0.2) is 4.98 Å². The lowest BCUT2D eigenvalue weighted by Gasteiger charge is -2.15. The third kappa shape index (κ3) is 5.33. The van der Waals surface area contributed by atoms with Crippen molar-refractivity contribution in [1.82, 2.24) is 9.97 Å². The molecule has 27 heavy (non-hydrogen) atoms. The molecule has 0 unspecified atom stereocenters. The van der Waals surface area contributed by atoms with Gasteiger partial charge < -0.3 is 4.74 Å². The Morgan fingerprint density at radius 3 is 2.26 bits per heavy atom. The Kier molecular flexibility index (Phi) is 6.51. The van der Waals surface area contributed by atoms with Crippen LogP contribution >= 0.6 is 11.8 Å². The summed E-state index contributed by atoms with van der Waals surface area (Å²) in [4.78, 5) is 9.38. The molecule has 3 nitrogen and oxygen atoms in total. The Morgan fingerprint density at radius 1 is 0.852 bits per heavy atom. The van der Waals surface area contributed by atoms with Crippen LogP contribution in [-0.2, 0) is 5.75 Å². The van der Waals surface area contributed by atoms with Crippen molar-refractivity contribution in [2.75, 3.05) is 0 Å². The van der Waals surface area contributed by atoms with Gasteiger partial charge in [-0.3, -0.25) is 0 Å². The van der Waals surface area contributed by atoms with Gasteiger partial charge in [0.05, 0.1) is 5.69 Å². The fourth-order valence-electron chi connectivity index (χ4n) is 2.72. The Balaban J connectivity index is 1.85. The number of rotatable bonds is 7.